The minimum absolute atomic E-state index is 0.0848. The smallest absolute Gasteiger partial charge is 0.266 e. The zero-order chi connectivity index (χ0) is 22.5. The fraction of sp³-hybridized carbons (Fsp3) is 0.120. The van der Waals surface area contributed by atoms with Crippen LogP contribution in [0.4, 0.5) is 0 Å². The summed E-state index contributed by atoms with van der Waals surface area (Å²) in [6.45, 7) is 0.899. The largest absolute Gasteiger partial charge is 0.493 e. The number of benzene rings is 3. The van der Waals surface area contributed by atoms with Crippen LogP contribution < -0.4 is 9.47 Å². The van der Waals surface area contributed by atoms with Gasteiger partial charge in [0.1, 0.15) is 10.9 Å². The zero-order valence-electron chi connectivity index (χ0n) is 17.3. The molecule has 1 aliphatic heterocycles. The highest BCUT2D eigenvalue weighted by atomic mass is 79.9. The van der Waals surface area contributed by atoms with E-state index in [9.17, 15) is 4.79 Å². The molecule has 32 heavy (non-hydrogen) atoms. The summed E-state index contributed by atoms with van der Waals surface area (Å²) < 4.78 is 13.0. The monoisotopic (exact) mass is 525 g/mol. The summed E-state index contributed by atoms with van der Waals surface area (Å²) in [5, 5.41) is 0. The molecule has 1 amide bonds. The summed E-state index contributed by atoms with van der Waals surface area (Å²) in [6.07, 6.45) is 1.84. The van der Waals surface area contributed by atoms with Gasteiger partial charge in [0, 0.05) is 4.47 Å². The Bertz CT molecular complexity index is 1160. The van der Waals surface area contributed by atoms with Crippen molar-refractivity contribution in [3.8, 4) is 11.5 Å². The summed E-state index contributed by atoms with van der Waals surface area (Å²) in [5.41, 5.74) is 2.94. The predicted molar refractivity (Wildman–Crippen MR) is 137 cm³/mol. The van der Waals surface area contributed by atoms with Gasteiger partial charge in [0.15, 0.2) is 11.5 Å². The first-order chi connectivity index (χ1) is 15.5. The van der Waals surface area contributed by atoms with Crippen molar-refractivity contribution < 1.29 is 14.3 Å². The van der Waals surface area contributed by atoms with Crippen molar-refractivity contribution in [3.63, 3.8) is 0 Å². The molecule has 0 spiro atoms. The van der Waals surface area contributed by atoms with Gasteiger partial charge in [-0.3, -0.25) is 9.69 Å². The number of carbonyl (C=O) groups is 1. The Labute approximate surface area is 205 Å². The van der Waals surface area contributed by atoms with E-state index in [2.05, 4.69) is 15.9 Å². The van der Waals surface area contributed by atoms with Crippen LogP contribution in [0, 0.1) is 0 Å². The van der Waals surface area contributed by atoms with Gasteiger partial charge in [-0.1, -0.05) is 88.4 Å². The van der Waals surface area contributed by atoms with E-state index >= 15 is 0 Å². The number of thiocarbonyl (C=S) groups is 1. The molecule has 0 N–H and O–H groups in total. The lowest BCUT2D eigenvalue weighted by Gasteiger charge is -2.14. The molecule has 0 unspecified atom stereocenters. The molecule has 1 saturated heterocycles. The molecular formula is C25H20BrNO3S2. The first-order valence-electron chi connectivity index (χ1n) is 9.88. The maximum absolute atomic E-state index is 12.9. The average Bonchev–Trinajstić information content (AvgIpc) is 3.07. The topological polar surface area (TPSA) is 38.8 Å². The van der Waals surface area contributed by atoms with Gasteiger partial charge in [0.25, 0.3) is 5.91 Å². The standard InChI is InChI=1S/C25H20BrNO3S2/c1-29-22-13-19(9-12-21(22)30-16-18-7-10-20(26)11-8-18)14-23-24(28)27(25(31)32-23)15-17-5-3-2-4-6-17/h2-14H,15-16H2,1H3/b23-14+. The zero-order valence-corrected chi connectivity index (χ0v) is 20.5. The average molecular weight is 526 g/mol. The van der Waals surface area contributed by atoms with Crippen LogP contribution in [0.25, 0.3) is 6.08 Å². The third-order valence-electron chi connectivity index (χ3n) is 4.85. The molecule has 0 saturated carbocycles. The lowest BCUT2D eigenvalue weighted by atomic mass is 10.1. The van der Waals surface area contributed by atoms with Gasteiger partial charge >= 0.3 is 0 Å². The van der Waals surface area contributed by atoms with Gasteiger partial charge < -0.3 is 9.47 Å². The third kappa shape index (κ3) is 5.41. The number of ether oxygens (including phenoxy) is 2. The number of methoxy groups -OCH3 is 1. The molecule has 4 rings (SSSR count). The number of hydrogen-bond acceptors (Lipinski definition) is 5. The second-order valence-electron chi connectivity index (χ2n) is 7.08. The Hall–Kier alpha value is -2.61. The number of thioether (sulfide) groups is 1. The Kier molecular flexibility index (Phi) is 7.29. The lowest BCUT2D eigenvalue weighted by Crippen LogP contribution is -2.27. The molecule has 1 fully saturated rings. The van der Waals surface area contributed by atoms with Gasteiger partial charge in [-0.2, -0.15) is 0 Å². The SMILES string of the molecule is COc1cc(/C=C2/SC(=S)N(Cc3ccccc3)C2=O)ccc1OCc1ccc(Br)cc1. The number of rotatable bonds is 7. The van der Waals surface area contributed by atoms with Crippen LogP contribution in [-0.4, -0.2) is 22.2 Å². The van der Waals surface area contributed by atoms with Crippen LogP contribution in [-0.2, 0) is 17.9 Å². The molecular weight excluding hydrogens is 506 g/mol. The maximum Gasteiger partial charge on any atom is 0.266 e. The summed E-state index contributed by atoms with van der Waals surface area (Å²) >= 11 is 10.2. The lowest BCUT2D eigenvalue weighted by molar-refractivity contribution is -0.122. The van der Waals surface area contributed by atoms with Gasteiger partial charge in [0.05, 0.1) is 18.6 Å². The Morgan fingerprint density at radius 2 is 1.75 bits per heavy atom. The fourth-order valence-electron chi connectivity index (χ4n) is 3.19. The summed E-state index contributed by atoms with van der Waals surface area (Å²) in [4.78, 5) is 15.1. The van der Waals surface area contributed by atoms with Gasteiger partial charge in [-0.15, -0.1) is 0 Å². The normalized spacial score (nSPS) is 14.8. The van der Waals surface area contributed by atoms with Crippen LogP contribution in [0.5, 0.6) is 11.5 Å². The number of carbonyl (C=O) groups excluding carboxylic acids is 1. The van der Waals surface area contributed by atoms with Crippen LogP contribution in [0.15, 0.2) is 82.2 Å². The van der Waals surface area contributed by atoms with E-state index in [1.807, 2.05) is 78.9 Å². The highest BCUT2D eigenvalue weighted by molar-refractivity contribution is 9.10. The number of halogens is 1. The Balaban J connectivity index is 1.48. The number of hydrogen-bond donors (Lipinski definition) is 0. The molecule has 3 aromatic carbocycles. The highest BCUT2D eigenvalue weighted by Crippen LogP contribution is 2.35. The van der Waals surface area contributed by atoms with Crippen molar-refractivity contribution in [2.75, 3.05) is 7.11 Å². The minimum atomic E-state index is -0.0848. The summed E-state index contributed by atoms with van der Waals surface area (Å²) in [5.74, 6) is 1.17. The van der Waals surface area contributed by atoms with E-state index in [-0.39, 0.29) is 5.91 Å². The molecule has 0 aliphatic carbocycles. The van der Waals surface area contributed by atoms with E-state index in [0.717, 1.165) is 21.2 Å². The summed E-state index contributed by atoms with van der Waals surface area (Å²) in [6, 6.07) is 23.4. The quantitative estimate of drug-likeness (QED) is 0.262. The fourth-order valence-corrected chi connectivity index (χ4v) is 4.71. The molecule has 162 valence electrons. The van der Waals surface area contributed by atoms with Crippen LogP contribution in [0.3, 0.4) is 0 Å². The van der Waals surface area contributed by atoms with E-state index in [0.29, 0.717) is 33.9 Å². The Morgan fingerprint density at radius 1 is 1.00 bits per heavy atom. The first-order valence-corrected chi connectivity index (χ1v) is 11.9. The van der Waals surface area contributed by atoms with Crippen molar-refractivity contribution in [2.24, 2.45) is 0 Å². The Morgan fingerprint density at radius 3 is 2.47 bits per heavy atom. The van der Waals surface area contributed by atoms with Crippen LogP contribution in [0.2, 0.25) is 0 Å². The summed E-state index contributed by atoms with van der Waals surface area (Å²) in [7, 11) is 1.60. The number of nitrogens with zero attached hydrogens (tertiary/aromatic N) is 1. The van der Waals surface area contributed by atoms with E-state index in [1.54, 1.807) is 12.0 Å². The van der Waals surface area contributed by atoms with Gasteiger partial charge in [0.2, 0.25) is 0 Å². The molecule has 0 aromatic heterocycles. The predicted octanol–water partition coefficient (Wildman–Crippen LogP) is 6.44. The molecule has 7 heteroatoms. The molecule has 0 bridgehead atoms. The molecule has 0 atom stereocenters. The van der Waals surface area contributed by atoms with E-state index in [1.165, 1.54) is 11.8 Å². The minimum Gasteiger partial charge on any atom is -0.493 e. The van der Waals surface area contributed by atoms with Gasteiger partial charge in [-0.05, 0) is 47.0 Å². The van der Waals surface area contributed by atoms with Crippen molar-refractivity contribution in [2.45, 2.75) is 13.2 Å². The van der Waals surface area contributed by atoms with Crippen molar-refractivity contribution >= 4 is 56.2 Å². The van der Waals surface area contributed by atoms with Crippen LogP contribution >= 0.6 is 39.9 Å². The highest BCUT2D eigenvalue weighted by Gasteiger charge is 2.32. The molecule has 0 radical (unpaired) electrons. The third-order valence-corrected chi connectivity index (χ3v) is 6.76. The molecule has 1 aliphatic rings. The maximum atomic E-state index is 12.9. The van der Waals surface area contributed by atoms with Gasteiger partial charge in [-0.25, -0.2) is 0 Å². The van der Waals surface area contributed by atoms with Crippen molar-refractivity contribution in [1.82, 2.24) is 4.90 Å². The van der Waals surface area contributed by atoms with E-state index in [4.69, 9.17) is 21.7 Å². The van der Waals surface area contributed by atoms with Crippen molar-refractivity contribution in [1.29, 1.82) is 0 Å². The molecule has 3 aromatic rings. The van der Waals surface area contributed by atoms with E-state index < -0.39 is 0 Å². The number of amides is 1. The second-order valence-corrected chi connectivity index (χ2v) is 9.67. The second kappa shape index (κ2) is 10.3. The molecule has 1 heterocycles. The molecule has 4 nitrogen and oxygen atoms in total. The first kappa shape index (κ1) is 22.6. The van der Waals surface area contributed by atoms with Crippen LogP contribution in [0.1, 0.15) is 16.7 Å². The van der Waals surface area contributed by atoms with Crippen molar-refractivity contribution in [3.05, 3.63) is 98.9 Å².